The van der Waals surface area contributed by atoms with E-state index in [2.05, 4.69) is 39.1 Å². The van der Waals surface area contributed by atoms with E-state index in [0.717, 1.165) is 15.7 Å². The van der Waals surface area contributed by atoms with Crippen LogP contribution in [-0.2, 0) is 0 Å². The number of benzene rings is 1. The third-order valence-corrected chi connectivity index (χ3v) is 4.45. The molecule has 2 rings (SSSR count). The fourth-order valence-corrected chi connectivity index (χ4v) is 3.21. The first-order chi connectivity index (χ1) is 9.60. The summed E-state index contributed by atoms with van der Waals surface area (Å²) < 4.78 is 1.00. The molecule has 0 radical (unpaired) electrons. The first-order valence-corrected chi connectivity index (χ1v) is 8.38. The number of nitrogens with two attached hydrogens (primary N) is 1. The molecular weight excluding hydrogens is 334 g/mol. The molecule has 0 saturated carbocycles. The highest BCUT2D eigenvalue weighted by atomic mass is 79.9. The molecular formula is C15H22BrN3S. The van der Waals surface area contributed by atoms with Crippen molar-refractivity contribution in [2.75, 3.05) is 25.0 Å². The first kappa shape index (κ1) is 15.7. The van der Waals surface area contributed by atoms with E-state index in [4.69, 9.17) is 18.0 Å². The van der Waals surface area contributed by atoms with Gasteiger partial charge in [-0.25, -0.2) is 0 Å². The van der Waals surface area contributed by atoms with Gasteiger partial charge in [0.25, 0.3) is 0 Å². The Balaban J connectivity index is 1.99. The second-order valence-electron chi connectivity index (χ2n) is 5.31. The predicted molar refractivity (Wildman–Crippen MR) is 93.4 cm³/mol. The molecule has 1 aliphatic rings. The van der Waals surface area contributed by atoms with Gasteiger partial charge in [-0.2, -0.15) is 0 Å². The monoisotopic (exact) mass is 355 g/mol. The van der Waals surface area contributed by atoms with Gasteiger partial charge in [0.15, 0.2) is 0 Å². The molecule has 5 heteroatoms. The maximum Gasteiger partial charge on any atom is 0.106 e. The Morgan fingerprint density at radius 2 is 2.15 bits per heavy atom. The van der Waals surface area contributed by atoms with E-state index >= 15 is 0 Å². The quantitative estimate of drug-likeness (QED) is 0.794. The van der Waals surface area contributed by atoms with E-state index in [-0.39, 0.29) is 0 Å². The summed E-state index contributed by atoms with van der Waals surface area (Å²) in [5, 5.41) is 3.61. The maximum absolute atomic E-state index is 5.81. The van der Waals surface area contributed by atoms with E-state index in [0.29, 0.717) is 11.0 Å². The number of hydrogen-bond acceptors (Lipinski definition) is 3. The van der Waals surface area contributed by atoms with Crippen LogP contribution in [0.2, 0.25) is 0 Å². The van der Waals surface area contributed by atoms with Gasteiger partial charge in [0, 0.05) is 34.9 Å². The summed E-state index contributed by atoms with van der Waals surface area (Å²) in [6.07, 6.45) is 3.58. The number of halogens is 1. The van der Waals surface area contributed by atoms with Crippen LogP contribution in [0.5, 0.6) is 0 Å². The van der Waals surface area contributed by atoms with Gasteiger partial charge in [-0.15, -0.1) is 0 Å². The molecule has 1 saturated heterocycles. The van der Waals surface area contributed by atoms with Crippen molar-refractivity contribution >= 4 is 38.8 Å². The average Bonchev–Trinajstić information content (AvgIpc) is 2.43. The van der Waals surface area contributed by atoms with Crippen LogP contribution in [-0.4, -0.2) is 35.6 Å². The Hall–Kier alpha value is -0.650. The summed E-state index contributed by atoms with van der Waals surface area (Å²) in [7, 11) is 0. The number of nitrogens with zero attached hydrogens (tertiary/aromatic N) is 1. The molecule has 0 aliphatic carbocycles. The smallest absolute Gasteiger partial charge is 0.106 e. The number of nitrogens with one attached hydrogen (secondary N) is 1. The van der Waals surface area contributed by atoms with E-state index in [1.807, 2.05) is 12.1 Å². The van der Waals surface area contributed by atoms with Crippen molar-refractivity contribution in [1.82, 2.24) is 4.90 Å². The third-order valence-electron chi connectivity index (χ3n) is 3.73. The average molecular weight is 356 g/mol. The fraction of sp³-hybridized carbons (Fsp3) is 0.533. The number of anilines is 1. The van der Waals surface area contributed by atoms with Crippen LogP contribution < -0.4 is 11.1 Å². The Morgan fingerprint density at radius 3 is 2.75 bits per heavy atom. The van der Waals surface area contributed by atoms with Crippen molar-refractivity contribution in [2.45, 2.75) is 32.2 Å². The maximum atomic E-state index is 5.81. The molecule has 3 N–H and O–H groups in total. The van der Waals surface area contributed by atoms with Crippen molar-refractivity contribution < 1.29 is 0 Å². The lowest BCUT2D eigenvalue weighted by Gasteiger charge is -2.33. The zero-order valence-electron chi connectivity index (χ0n) is 11.9. The van der Waals surface area contributed by atoms with Crippen molar-refractivity contribution in [3.63, 3.8) is 0 Å². The van der Waals surface area contributed by atoms with Crippen molar-refractivity contribution in [1.29, 1.82) is 0 Å². The van der Waals surface area contributed by atoms with Crippen molar-refractivity contribution in [3.05, 3.63) is 28.2 Å². The standard InChI is InChI=1S/C15H22BrN3S/c1-2-7-19-8-5-12(6-9-19)18-14-4-3-11(16)10-13(14)15(17)20/h3-4,10,12,18H,2,5-9H2,1H3,(H2,17,20). The third kappa shape index (κ3) is 4.17. The summed E-state index contributed by atoms with van der Waals surface area (Å²) in [6, 6.07) is 6.57. The summed E-state index contributed by atoms with van der Waals surface area (Å²) in [5.74, 6) is 0. The molecule has 0 atom stereocenters. The number of hydrogen-bond donors (Lipinski definition) is 2. The van der Waals surface area contributed by atoms with Crippen LogP contribution in [0.1, 0.15) is 31.7 Å². The molecule has 0 aromatic heterocycles. The molecule has 1 aromatic rings. The fourth-order valence-electron chi connectivity index (χ4n) is 2.68. The van der Waals surface area contributed by atoms with E-state index in [1.54, 1.807) is 0 Å². The van der Waals surface area contributed by atoms with Crippen molar-refractivity contribution in [2.24, 2.45) is 5.73 Å². The summed E-state index contributed by atoms with van der Waals surface area (Å²) in [5.41, 5.74) is 7.78. The topological polar surface area (TPSA) is 41.3 Å². The van der Waals surface area contributed by atoms with Crippen LogP contribution >= 0.6 is 28.1 Å². The largest absolute Gasteiger partial charge is 0.389 e. The van der Waals surface area contributed by atoms with Gasteiger partial charge in [0.05, 0.1) is 0 Å². The number of likely N-dealkylation sites (tertiary alicyclic amines) is 1. The Labute approximate surface area is 135 Å². The minimum absolute atomic E-state index is 0.442. The second kappa shape index (κ2) is 7.38. The van der Waals surface area contributed by atoms with E-state index in [1.165, 1.54) is 38.9 Å². The van der Waals surface area contributed by atoms with Gasteiger partial charge in [0.1, 0.15) is 4.99 Å². The van der Waals surface area contributed by atoms with E-state index in [9.17, 15) is 0 Å². The molecule has 0 bridgehead atoms. The first-order valence-electron chi connectivity index (χ1n) is 7.18. The van der Waals surface area contributed by atoms with E-state index < -0.39 is 0 Å². The highest BCUT2D eigenvalue weighted by molar-refractivity contribution is 9.10. The highest BCUT2D eigenvalue weighted by Crippen LogP contribution is 2.24. The molecule has 1 aliphatic heterocycles. The van der Waals surface area contributed by atoms with Gasteiger partial charge in [-0.3, -0.25) is 0 Å². The molecule has 1 heterocycles. The molecule has 1 fully saturated rings. The Kier molecular flexibility index (Phi) is 5.81. The van der Waals surface area contributed by atoms with Crippen LogP contribution in [0.15, 0.2) is 22.7 Å². The minimum Gasteiger partial charge on any atom is -0.389 e. The molecule has 0 spiro atoms. The van der Waals surface area contributed by atoms with Gasteiger partial charge < -0.3 is 16.0 Å². The number of thiocarbonyl (C=S) groups is 1. The lowest BCUT2D eigenvalue weighted by molar-refractivity contribution is 0.219. The Bertz CT molecular complexity index is 470. The molecule has 0 unspecified atom stereocenters. The van der Waals surface area contributed by atoms with Gasteiger partial charge in [-0.1, -0.05) is 35.1 Å². The predicted octanol–water partition coefficient (Wildman–Crippen LogP) is 3.37. The van der Waals surface area contributed by atoms with Crippen molar-refractivity contribution in [3.8, 4) is 0 Å². The molecule has 110 valence electrons. The minimum atomic E-state index is 0.442. The normalized spacial score (nSPS) is 17.1. The van der Waals surface area contributed by atoms with Gasteiger partial charge >= 0.3 is 0 Å². The van der Waals surface area contributed by atoms with Crippen LogP contribution in [0.4, 0.5) is 5.69 Å². The van der Waals surface area contributed by atoms with Crippen LogP contribution in [0.25, 0.3) is 0 Å². The summed E-state index contributed by atoms with van der Waals surface area (Å²) in [4.78, 5) is 2.98. The zero-order chi connectivity index (χ0) is 14.5. The summed E-state index contributed by atoms with van der Waals surface area (Å²) >= 11 is 8.60. The molecule has 3 nitrogen and oxygen atoms in total. The molecule has 0 amide bonds. The highest BCUT2D eigenvalue weighted by Gasteiger charge is 2.19. The lowest BCUT2D eigenvalue weighted by Crippen LogP contribution is -2.39. The van der Waals surface area contributed by atoms with Crippen LogP contribution in [0.3, 0.4) is 0 Å². The Morgan fingerprint density at radius 1 is 1.45 bits per heavy atom. The van der Waals surface area contributed by atoms with Crippen LogP contribution in [0, 0.1) is 0 Å². The molecule has 1 aromatic carbocycles. The zero-order valence-corrected chi connectivity index (χ0v) is 14.3. The molecule has 20 heavy (non-hydrogen) atoms. The SMILES string of the molecule is CCCN1CCC(Nc2ccc(Br)cc2C(N)=S)CC1. The van der Waals surface area contributed by atoms with Gasteiger partial charge in [-0.05, 0) is 44.0 Å². The number of piperidine rings is 1. The number of rotatable bonds is 5. The lowest BCUT2D eigenvalue weighted by atomic mass is 10.0. The van der Waals surface area contributed by atoms with Gasteiger partial charge in [0.2, 0.25) is 0 Å². The second-order valence-corrected chi connectivity index (χ2v) is 6.67. The summed E-state index contributed by atoms with van der Waals surface area (Å²) in [6.45, 7) is 5.79.